The first-order valence-electron chi connectivity index (χ1n) is 8.75. The zero-order valence-electron chi connectivity index (χ0n) is 16.2. The molecule has 1 heterocycles. The fraction of sp³-hybridized carbons (Fsp3) is 0.150. The molecule has 0 radical (unpaired) electrons. The molecule has 1 N–H and O–H groups in total. The van der Waals surface area contributed by atoms with E-state index in [1.54, 1.807) is 32.4 Å². The number of carbonyl (C=O) groups excluding carboxylic acids is 1. The summed E-state index contributed by atoms with van der Waals surface area (Å²) in [7, 11) is 3.15. The lowest BCUT2D eigenvalue weighted by molar-refractivity contribution is -0.384. The summed E-state index contributed by atoms with van der Waals surface area (Å²) in [6.07, 6.45) is 3.42. The lowest BCUT2D eigenvalue weighted by atomic mass is 10.1. The first-order chi connectivity index (χ1) is 14.5. The Morgan fingerprint density at radius 2 is 1.87 bits per heavy atom. The Labute approximate surface area is 176 Å². The predicted octanol–water partition coefficient (Wildman–Crippen LogP) is 3.71. The number of carbonyl (C=O) groups is 1. The molecule has 0 atom stereocenters. The largest absolute Gasteiger partial charge is 0.493 e. The number of anilines is 1. The summed E-state index contributed by atoms with van der Waals surface area (Å²) < 4.78 is 10.5. The Morgan fingerprint density at radius 1 is 1.13 bits per heavy atom. The van der Waals surface area contributed by atoms with Gasteiger partial charge in [-0.25, -0.2) is 0 Å². The van der Waals surface area contributed by atoms with Crippen LogP contribution >= 0.6 is 11.3 Å². The van der Waals surface area contributed by atoms with Crippen LogP contribution in [0.1, 0.15) is 16.1 Å². The van der Waals surface area contributed by atoms with Crippen molar-refractivity contribution in [3.63, 3.8) is 0 Å². The van der Waals surface area contributed by atoms with Crippen LogP contribution in [0.4, 0.5) is 10.8 Å². The van der Waals surface area contributed by atoms with Gasteiger partial charge in [-0.05, 0) is 41.5 Å². The van der Waals surface area contributed by atoms with E-state index in [9.17, 15) is 14.9 Å². The van der Waals surface area contributed by atoms with Gasteiger partial charge in [-0.1, -0.05) is 17.4 Å². The van der Waals surface area contributed by atoms with Crippen molar-refractivity contribution < 1.29 is 19.2 Å². The molecule has 10 heteroatoms. The second-order valence-corrected chi connectivity index (χ2v) is 7.10. The standard InChI is InChI=1S/C20H18N4O5S/c1-28-16-9-5-14(11-17(16)29-2)12-19-22-23-20(30-19)21-18(25)10-6-13-3-7-15(8-4-13)24(26)27/h3-11H,12H2,1-2H3,(H,21,23,25)/b10-6+. The number of benzene rings is 2. The van der Waals surface area contributed by atoms with Crippen LogP contribution in [0.15, 0.2) is 48.5 Å². The van der Waals surface area contributed by atoms with Gasteiger partial charge in [0.1, 0.15) is 5.01 Å². The van der Waals surface area contributed by atoms with Crippen LogP contribution in [0, 0.1) is 10.1 Å². The number of nitrogens with zero attached hydrogens (tertiary/aromatic N) is 3. The van der Waals surface area contributed by atoms with Crippen LogP contribution in [0.5, 0.6) is 11.5 Å². The molecule has 9 nitrogen and oxygen atoms in total. The third kappa shape index (κ3) is 5.39. The summed E-state index contributed by atoms with van der Waals surface area (Å²) >= 11 is 1.27. The summed E-state index contributed by atoms with van der Waals surface area (Å²) in [4.78, 5) is 22.3. The number of nitrogens with one attached hydrogen (secondary N) is 1. The molecule has 0 aliphatic rings. The number of hydrogen-bond acceptors (Lipinski definition) is 8. The summed E-state index contributed by atoms with van der Waals surface area (Å²) in [6.45, 7) is 0. The molecular weight excluding hydrogens is 408 g/mol. The lowest BCUT2D eigenvalue weighted by Crippen LogP contribution is -2.07. The molecule has 1 amide bonds. The minimum Gasteiger partial charge on any atom is -0.493 e. The van der Waals surface area contributed by atoms with Crippen molar-refractivity contribution in [2.45, 2.75) is 6.42 Å². The van der Waals surface area contributed by atoms with Gasteiger partial charge in [0.25, 0.3) is 5.69 Å². The van der Waals surface area contributed by atoms with E-state index in [4.69, 9.17) is 9.47 Å². The van der Waals surface area contributed by atoms with E-state index in [1.807, 2.05) is 18.2 Å². The van der Waals surface area contributed by atoms with Crippen molar-refractivity contribution in [1.82, 2.24) is 10.2 Å². The second kappa shape index (κ2) is 9.61. The van der Waals surface area contributed by atoms with Gasteiger partial charge in [-0.15, -0.1) is 10.2 Å². The highest BCUT2D eigenvalue weighted by Gasteiger charge is 2.10. The third-order valence-electron chi connectivity index (χ3n) is 4.03. The zero-order chi connectivity index (χ0) is 21.5. The molecule has 0 saturated heterocycles. The van der Waals surface area contributed by atoms with E-state index in [1.165, 1.54) is 29.5 Å². The molecular formula is C20H18N4O5S. The Bertz CT molecular complexity index is 1080. The molecule has 2 aromatic carbocycles. The van der Waals surface area contributed by atoms with Crippen LogP contribution in [0.3, 0.4) is 0 Å². The monoisotopic (exact) mass is 426 g/mol. The second-order valence-electron chi connectivity index (χ2n) is 6.04. The van der Waals surface area contributed by atoms with Gasteiger partial charge in [-0.2, -0.15) is 0 Å². The molecule has 3 rings (SSSR count). The first kappa shape index (κ1) is 20.9. The minimum atomic E-state index is -0.477. The van der Waals surface area contributed by atoms with Crippen molar-refractivity contribution in [2.24, 2.45) is 0 Å². The molecule has 154 valence electrons. The van der Waals surface area contributed by atoms with Gasteiger partial charge in [0.15, 0.2) is 11.5 Å². The van der Waals surface area contributed by atoms with Gasteiger partial charge in [0.2, 0.25) is 11.0 Å². The SMILES string of the molecule is COc1ccc(Cc2nnc(NC(=O)/C=C/c3ccc([N+](=O)[O-])cc3)s2)cc1OC. The maximum atomic E-state index is 12.1. The molecule has 0 aliphatic carbocycles. The van der Waals surface area contributed by atoms with Gasteiger partial charge in [0, 0.05) is 24.6 Å². The van der Waals surface area contributed by atoms with Gasteiger partial charge >= 0.3 is 0 Å². The Kier molecular flexibility index (Phi) is 6.71. The Balaban J connectivity index is 1.59. The van der Waals surface area contributed by atoms with Gasteiger partial charge < -0.3 is 9.47 Å². The van der Waals surface area contributed by atoms with Crippen LogP contribution in [-0.2, 0) is 11.2 Å². The molecule has 0 aliphatic heterocycles. The number of nitro benzene ring substituents is 1. The Hall–Kier alpha value is -3.79. The van der Waals surface area contributed by atoms with Gasteiger partial charge in [-0.3, -0.25) is 20.2 Å². The number of ether oxygens (including phenoxy) is 2. The number of non-ortho nitro benzene ring substituents is 1. The number of nitro groups is 1. The van der Waals surface area contributed by atoms with E-state index in [0.717, 1.165) is 10.6 Å². The maximum Gasteiger partial charge on any atom is 0.269 e. The molecule has 3 aromatic rings. The highest BCUT2D eigenvalue weighted by atomic mass is 32.1. The molecule has 1 aromatic heterocycles. The number of amides is 1. The molecule has 0 fully saturated rings. The molecule has 0 saturated carbocycles. The first-order valence-corrected chi connectivity index (χ1v) is 9.57. The molecule has 30 heavy (non-hydrogen) atoms. The average Bonchev–Trinajstić information content (AvgIpc) is 3.18. The summed E-state index contributed by atoms with van der Waals surface area (Å²) in [5.41, 5.74) is 1.63. The number of aromatic nitrogens is 2. The average molecular weight is 426 g/mol. The maximum absolute atomic E-state index is 12.1. The smallest absolute Gasteiger partial charge is 0.269 e. The topological polar surface area (TPSA) is 116 Å². The van der Waals surface area contributed by atoms with Crippen LogP contribution in [-0.4, -0.2) is 35.2 Å². The fourth-order valence-corrected chi connectivity index (χ4v) is 3.34. The fourth-order valence-electron chi connectivity index (χ4n) is 2.57. The Morgan fingerprint density at radius 3 is 2.53 bits per heavy atom. The van der Waals surface area contributed by atoms with E-state index < -0.39 is 4.92 Å². The molecule has 0 bridgehead atoms. The molecule has 0 spiro atoms. The summed E-state index contributed by atoms with van der Waals surface area (Å²) in [6, 6.07) is 11.5. The van der Waals surface area contributed by atoms with E-state index in [2.05, 4.69) is 15.5 Å². The van der Waals surface area contributed by atoms with Crippen molar-refractivity contribution >= 4 is 34.1 Å². The van der Waals surface area contributed by atoms with Crippen LogP contribution < -0.4 is 14.8 Å². The van der Waals surface area contributed by atoms with Crippen molar-refractivity contribution in [3.05, 3.63) is 74.8 Å². The van der Waals surface area contributed by atoms with Gasteiger partial charge in [0.05, 0.1) is 19.1 Å². The number of rotatable bonds is 8. The predicted molar refractivity (Wildman–Crippen MR) is 113 cm³/mol. The summed E-state index contributed by atoms with van der Waals surface area (Å²) in [5, 5.41) is 22.5. The van der Waals surface area contributed by atoms with Crippen LogP contribution in [0.2, 0.25) is 0 Å². The van der Waals surface area contributed by atoms with E-state index in [-0.39, 0.29) is 11.6 Å². The van der Waals surface area contributed by atoms with Crippen LogP contribution in [0.25, 0.3) is 6.08 Å². The third-order valence-corrected chi connectivity index (χ3v) is 4.87. The van der Waals surface area contributed by atoms with Crippen molar-refractivity contribution in [3.8, 4) is 11.5 Å². The highest BCUT2D eigenvalue weighted by molar-refractivity contribution is 7.15. The quantitative estimate of drug-likeness (QED) is 0.331. The van der Waals surface area contributed by atoms with Crippen molar-refractivity contribution in [1.29, 1.82) is 0 Å². The van der Waals surface area contributed by atoms with E-state index >= 15 is 0 Å². The number of methoxy groups -OCH3 is 2. The minimum absolute atomic E-state index is 0.00697. The normalized spacial score (nSPS) is 10.7. The lowest BCUT2D eigenvalue weighted by Gasteiger charge is -2.08. The summed E-state index contributed by atoms with van der Waals surface area (Å²) in [5.74, 6) is 0.901. The van der Waals surface area contributed by atoms with E-state index in [0.29, 0.717) is 28.6 Å². The highest BCUT2D eigenvalue weighted by Crippen LogP contribution is 2.29. The molecule has 0 unspecified atom stereocenters. The zero-order valence-corrected chi connectivity index (χ0v) is 17.0. The van der Waals surface area contributed by atoms with Crippen molar-refractivity contribution in [2.75, 3.05) is 19.5 Å². The number of hydrogen-bond donors (Lipinski definition) is 1.